The summed E-state index contributed by atoms with van der Waals surface area (Å²) in [7, 11) is 0. The summed E-state index contributed by atoms with van der Waals surface area (Å²) in [5.41, 5.74) is 7.41. The summed E-state index contributed by atoms with van der Waals surface area (Å²) in [6, 6.07) is 14.3. The van der Waals surface area contributed by atoms with Gasteiger partial charge < -0.3 is 20.5 Å². The van der Waals surface area contributed by atoms with E-state index in [-0.39, 0.29) is 6.61 Å². The molecule has 2 aromatic carbocycles. The van der Waals surface area contributed by atoms with Crippen molar-refractivity contribution in [3.63, 3.8) is 0 Å². The predicted octanol–water partition coefficient (Wildman–Crippen LogP) is 2.43. The third kappa shape index (κ3) is 5.66. The summed E-state index contributed by atoms with van der Waals surface area (Å²) in [6.07, 6.45) is 0. The van der Waals surface area contributed by atoms with Gasteiger partial charge in [-0.15, -0.1) is 0 Å². The van der Waals surface area contributed by atoms with Crippen molar-refractivity contribution in [3.05, 3.63) is 58.6 Å². The Morgan fingerprint density at radius 2 is 1.96 bits per heavy atom. The molecule has 0 saturated heterocycles. The molecule has 4 N–H and O–H groups in total. The van der Waals surface area contributed by atoms with Crippen molar-refractivity contribution in [2.75, 3.05) is 13.2 Å². The fourth-order valence-electron chi connectivity index (χ4n) is 2.49. The Hall–Kier alpha value is -2.24. The molecule has 134 valence electrons. The minimum Gasteiger partial charge on any atom is -0.490 e. The Morgan fingerprint density at radius 1 is 1.24 bits per heavy atom. The zero-order valence-electron chi connectivity index (χ0n) is 14.5. The lowest BCUT2D eigenvalue weighted by molar-refractivity contribution is -0.707. The van der Waals surface area contributed by atoms with E-state index in [1.807, 2.05) is 37.3 Å². The van der Waals surface area contributed by atoms with Crippen molar-refractivity contribution in [2.24, 2.45) is 5.73 Å². The fraction of sp³-hybridized carbons (Fsp3) is 0.316. The molecule has 2 aromatic rings. The van der Waals surface area contributed by atoms with Crippen molar-refractivity contribution < 1.29 is 19.6 Å². The van der Waals surface area contributed by atoms with Crippen LogP contribution >= 0.6 is 11.6 Å². The fourth-order valence-corrected chi connectivity index (χ4v) is 2.78. The second-order valence-corrected chi connectivity index (χ2v) is 6.14. The molecule has 0 aliphatic heterocycles. The van der Waals surface area contributed by atoms with E-state index in [9.17, 15) is 4.79 Å². The van der Waals surface area contributed by atoms with E-state index >= 15 is 0 Å². The number of primary amides is 1. The SMILES string of the molecule is CCOc1cc(C[NH2+][C@H](C)c2ccccc2)cc(Cl)c1OCC(N)=O. The van der Waals surface area contributed by atoms with Gasteiger partial charge in [-0.1, -0.05) is 41.9 Å². The topological polar surface area (TPSA) is 78.2 Å². The van der Waals surface area contributed by atoms with Gasteiger partial charge in [-0.25, -0.2) is 0 Å². The number of nitrogens with two attached hydrogens (primary N) is 2. The van der Waals surface area contributed by atoms with Gasteiger partial charge in [-0.3, -0.25) is 4.79 Å². The minimum atomic E-state index is -0.562. The number of amides is 1. The molecule has 0 aromatic heterocycles. The summed E-state index contributed by atoms with van der Waals surface area (Å²) in [6.45, 7) is 5.01. The van der Waals surface area contributed by atoms with Crippen LogP contribution in [-0.2, 0) is 11.3 Å². The van der Waals surface area contributed by atoms with E-state index in [0.717, 1.165) is 12.1 Å². The van der Waals surface area contributed by atoms with Gasteiger partial charge in [0, 0.05) is 11.1 Å². The van der Waals surface area contributed by atoms with E-state index in [4.69, 9.17) is 26.8 Å². The van der Waals surface area contributed by atoms with Crippen molar-refractivity contribution in [3.8, 4) is 11.5 Å². The number of rotatable bonds is 9. The average Bonchev–Trinajstić information content (AvgIpc) is 2.59. The Morgan fingerprint density at radius 3 is 2.60 bits per heavy atom. The molecule has 0 radical (unpaired) electrons. The van der Waals surface area contributed by atoms with Gasteiger partial charge in [-0.2, -0.15) is 0 Å². The van der Waals surface area contributed by atoms with Gasteiger partial charge in [-0.05, 0) is 26.0 Å². The molecule has 1 atom stereocenters. The number of carbonyl (C=O) groups is 1. The molecule has 0 unspecified atom stereocenters. The first kappa shape index (κ1) is 19.1. The van der Waals surface area contributed by atoms with Gasteiger partial charge in [0.25, 0.3) is 5.91 Å². The zero-order chi connectivity index (χ0) is 18.2. The van der Waals surface area contributed by atoms with E-state index in [1.165, 1.54) is 5.56 Å². The maximum absolute atomic E-state index is 10.9. The van der Waals surface area contributed by atoms with Crippen LogP contribution in [0.1, 0.15) is 31.0 Å². The van der Waals surface area contributed by atoms with E-state index < -0.39 is 5.91 Å². The van der Waals surface area contributed by atoms with Gasteiger partial charge in [0.1, 0.15) is 12.6 Å². The predicted molar refractivity (Wildman–Crippen MR) is 97.8 cm³/mol. The Balaban J connectivity index is 2.11. The lowest BCUT2D eigenvalue weighted by Crippen LogP contribution is -2.83. The van der Waals surface area contributed by atoms with Gasteiger partial charge in [0.2, 0.25) is 0 Å². The third-order valence-corrected chi connectivity index (χ3v) is 4.04. The standard InChI is InChI=1S/C19H23ClN2O3/c1-3-24-17-10-14(9-16(20)19(17)25-12-18(21)23)11-22-13(2)15-7-5-4-6-8-15/h4-10,13,22H,3,11-12H2,1-2H3,(H2,21,23)/p+1/t13-/m1/s1. The molecule has 6 heteroatoms. The van der Waals surface area contributed by atoms with Gasteiger partial charge in [0.15, 0.2) is 18.1 Å². The summed E-state index contributed by atoms with van der Waals surface area (Å²) >= 11 is 6.32. The Labute approximate surface area is 153 Å². The number of carbonyl (C=O) groups excluding carboxylic acids is 1. The first-order chi connectivity index (χ1) is 12.0. The lowest BCUT2D eigenvalue weighted by Gasteiger charge is -2.15. The Bertz CT molecular complexity index is 707. The Kier molecular flexibility index (Phi) is 7.10. The van der Waals surface area contributed by atoms with Gasteiger partial charge in [0.05, 0.1) is 11.6 Å². The maximum atomic E-state index is 10.9. The van der Waals surface area contributed by atoms with Crippen molar-refractivity contribution in [2.45, 2.75) is 26.4 Å². The number of halogens is 1. The normalized spacial score (nSPS) is 11.8. The molecule has 0 fully saturated rings. The van der Waals surface area contributed by atoms with Crippen LogP contribution in [0, 0.1) is 0 Å². The number of hydrogen-bond acceptors (Lipinski definition) is 3. The van der Waals surface area contributed by atoms with E-state index in [0.29, 0.717) is 29.2 Å². The smallest absolute Gasteiger partial charge is 0.255 e. The molecular formula is C19H24ClN2O3+. The van der Waals surface area contributed by atoms with E-state index in [1.54, 1.807) is 0 Å². The van der Waals surface area contributed by atoms with Crippen molar-refractivity contribution in [1.82, 2.24) is 0 Å². The third-order valence-electron chi connectivity index (χ3n) is 3.76. The summed E-state index contributed by atoms with van der Waals surface area (Å²) < 4.78 is 11.0. The number of ether oxygens (including phenoxy) is 2. The highest BCUT2D eigenvalue weighted by Gasteiger charge is 2.15. The molecule has 0 aliphatic rings. The number of hydrogen-bond donors (Lipinski definition) is 2. The molecule has 0 aliphatic carbocycles. The molecule has 2 rings (SSSR count). The second kappa shape index (κ2) is 9.30. The van der Waals surface area contributed by atoms with Crippen LogP contribution in [0.5, 0.6) is 11.5 Å². The molecule has 0 bridgehead atoms. The molecule has 1 amide bonds. The zero-order valence-corrected chi connectivity index (χ0v) is 15.3. The summed E-state index contributed by atoms with van der Waals surface area (Å²) in [5.74, 6) is 0.307. The molecule has 0 saturated carbocycles. The quantitative estimate of drug-likeness (QED) is 0.718. The lowest BCUT2D eigenvalue weighted by atomic mass is 10.1. The van der Waals surface area contributed by atoms with Gasteiger partial charge >= 0.3 is 0 Å². The van der Waals surface area contributed by atoms with Crippen LogP contribution in [0.2, 0.25) is 5.02 Å². The van der Waals surface area contributed by atoms with Crippen LogP contribution in [0.15, 0.2) is 42.5 Å². The molecule has 25 heavy (non-hydrogen) atoms. The molecule has 5 nitrogen and oxygen atoms in total. The highest BCUT2D eigenvalue weighted by atomic mass is 35.5. The van der Waals surface area contributed by atoms with Crippen LogP contribution in [0.4, 0.5) is 0 Å². The summed E-state index contributed by atoms with van der Waals surface area (Å²) in [5, 5.41) is 2.63. The minimum absolute atomic E-state index is 0.240. The second-order valence-electron chi connectivity index (χ2n) is 5.73. The maximum Gasteiger partial charge on any atom is 0.255 e. The first-order valence-electron chi connectivity index (χ1n) is 8.25. The van der Waals surface area contributed by atoms with Crippen LogP contribution in [-0.4, -0.2) is 19.1 Å². The largest absolute Gasteiger partial charge is 0.490 e. The first-order valence-corrected chi connectivity index (χ1v) is 8.63. The van der Waals surface area contributed by atoms with Crippen LogP contribution in [0.3, 0.4) is 0 Å². The van der Waals surface area contributed by atoms with Crippen LogP contribution < -0.4 is 20.5 Å². The highest BCUT2D eigenvalue weighted by Crippen LogP contribution is 2.36. The highest BCUT2D eigenvalue weighted by molar-refractivity contribution is 6.32. The number of benzene rings is 2. The summed E-state index contributed by atoms with van der Waals surface area (Å²) in [4.78, 5) is 10.9. The van der Waals surface area contributed by atoms with Crippen molar-refractivity contribution in [1.29, 1.82) is 0 Å². The molecular weight excluding hydrogens is 340 g/mol. The van der Waals surface area contributed by atoms with E-state index in [2.05, 4.69) is 24.4 Å². The number of quaternary nitrogens is 1. The molecule has 0 heterocycles. The molecule has 0 spiro atoms. The van der Waals surface area contributed by atoms with Crippen molar-refractivity contribution >= 4 is 17.5 Å². The van der Waals surface area contributed by atoms with Crippen LogP contribution in [0.25, 0.3) is 0 Å². The monoisotopic (exact) mass is 363 g/mol. The average molecular weight is 364 g/mol.